The quantitative estimate of drug-likeness (QED) is 0.579. The Morgan fingerprint density at radius 2 is 1.65 bits per heavy atom. The molecule has 0 aromatic heterocycles. The van der Waals surface area contributed by atoms with Crippen LogP contribution in [0, 0.1) is 16.2 Å². The zero-order chi connectivity index (χ0) is 17.2. The van der Waals surface area contributed by atoms with Crippen LogP contribution in [-0.2, 0) is 14.4 Å². The van der Waals surface area contributed by atoms with Gasteiger partial charge in [-0.25, -0.2) is 0 Å². The van der Waals surface area contributed by atoms with Gasteiger partial charge in [-0.15, -0.1) is 0 Å². The van der Waals surface area contributed by atoms with Gasteiger partial charge in [-0.1, -0.05) is 20.8 Å². The summed E-state index contributed by atoms with van der Waals surface area (Å²) in [5.74, 6) is -0.887. The first-order valence-corrected chi connectivity index (χ1v) is 8.77. The van der Waals surface area contributed by atoms with E-state index in [4.69, 9.17) is 0 Å². The van der Waals surface area contributed by atoms with Crippen LogP contribution in [-0.4, -0.2) is 55.6 Å². The molecular weight excluding hydrogens is 292 g/mol. The van der Waals surface area contributed by atoms with Crippen molar-refractivity contribution in [2.24, 2.45) is 16.2 Å². The number of amides is 1. The number of Topliss-reactive ketones (excluding diaryl/α,β-unsaturated/α-hetero) is 2. The lowest BCUT2D eigenvalue weighted by molar-refractivity contribution is -0.885. The van der Waals surface area contributed by atoms with Gasteiger partial charge in [0.25, 0.3) is 0 Å². The highest BCUT2D eigenvalue weighted by molar-refractivity contribution is 6.48. The molecule has 3 aliphatic rings. The molecular formula is C18H29N2O3+. The third kappa shape index (κ3) is 1.80. The highest BCUT2D eigenvalue weighted by atomic mass is 16.2. The second-order valence-corrected chi connectivity index (χ2v) is 8.63. The number of quaternary nitrogens is 1. The van der Waals surface area contributed by atoms with E-state index in [1.807, 2.05) is 27.8 Å². The van der Waals surface area contributed by atoms with Gasteiger partial charge in [0, 0.05) is 31.3 Å². The number of nitrogens with zero attached hydrogens (tertiary/aromatic N) is 1. The summed E-state index contributed by atoms with van der Waals surface area (Å²) in [6.07, 6.45) is 3.08. The van der Waals surface area contributed by atoms with Gasteiger partial charge in [0.1, 0.15) is 5.41 Å². The Bertz CT molecular complexity index is 577. The molecule has 1 aliphatic heterocycles. The number of fused-ring (bicyclic) bond motifs is 2. The Morgan fingerprint density at radius 1 is 1.09 bits per heavy atom. The summed E-state index contributed by atoms with van der Waals surface area (Å²) in [5, 5.41) is 0. The predicted molar refractivity (Wildman–Crippen MR) is 86.0 cm³/mol. The fourth-order valence-electron chi connectivity index (χ4n) is 5.19. The minimum absolute atomic E-state index is 0.119. The molecule has 0 aromatic carbocycles. The molecule has 5 heteroatoms. The smallest absolute Gasteiger partial charge is 0.237 e. The largest absolute Gasteiger partial charge is 0.341 e. The molecule has 5 nitrogen and oxygen atoms in total. The van der Waals surface area contributed by atoms with Crippen molar-refractivity contribution >= 4 is 17.5 Å². The number of nitrogens with one attached hydrogen (secondary N) is 1. The van der Waals surface area contributed by atoms with Crippen LogP contribution in [0.4, 0.5) is 0 Å². The molecule has 128 valence electrons. The van der Waals surface area contributed by atoms with Gasteiger partial charge in [-0.2, -0.15) is 0 Å². The van der Waals surface area contributed by atoms with Crippen molar-refractivity contribution < 1.29 is 19.3 Å². The molecule has 3 fully saturated rings. The van der Waals surface area contributed by atoms with E-state index in [0.29, 0.717) is 12.8 Å². The van der Waals surface area contributed by atoms with Gasteiger partial charge >= 0.3 is 0 Å². The minimum atomic E-state index is -1.14. The van der Waals surface area contributed by atoms with E-state index in [0.717, 1.165) is 25.9 Å². The van der Waals surface area contributed by atoms with E-state index < -0.39 is 22.0 Å². The third-order valence-corrected chi connectivity index (χ3v) is 7.58. The van der Waals surface area contributed by atoms with Gasteiger partial charge in [-0.05, 0) is 18.3 Å². The van der Waals surface area contributed by atoms with Crippen LogP contribution >= 0.6 is 0 Å². The van der Waals surface area contributed by atoms with Crippen LogP contribution in [0.15, 0.2) is 0 Å². The Morgan fingerprint density at radius 3 is 2.13 bits per heavy atom. The van der Waals surface area contributed by atoms with E-state index in [1.165, 1.54) is 4.90 Å². The van der Waals surface area contributed by atoms with Gasteiger partial charge in [0.2, 0.25) is 17.5 Å². The Hall–Kier alpha value is -1.23. The van der Waals surface area contributed by atoms with Gasteiger partial charge < -0.3 is 9.80 Å². The standard InChI is InChI=1S/C18H28N2O3/c1-16(2)17(3)8-9-18(16,14(22)13(17)21)15(23)20(5)12-6-10-19(4)11-7-12/h12H,6-11H2,1-5H3/p+1/t17-,18+/m1/s1. The van der Waals surface area contributed by atoms with Crippen molar-refractivity contribution in [3.05, 3.63) is 0 Å². The summed E-state index contributed by atoms with van der Waals surface area (Å²) in [6, 6.07) is 0.187. The Labute approximate surface area is 138 Å². The summed E-state index contributed by atoms with van der Waals surface area (Å²) < 4.78 is 0. The maximum Gasteiger partial charge on any atom is 0.237 e. The van der Waals surface area contributed by atoms with Gasteiger partial charge in [0.15, 0.2) is 0 Å². The average molecular weight is 321 g/mol. The molecule has 1 N–H and O–H groups in total. The SMILES string of the molecule is CN(C(=O)[C@]12CC[C@](C)(C(=O)C1=O)C2(C)C)C1CC[NH+](C)CC1. The predicted octanol–water partition coefficient (Wildman–Crippen LogP) is 0.0864. The lowest BCUT2D eigenvalue weighted by Gasteiger charge is -2.42. The molecule has 1 heterocycles. The second kappa shape index (κ2) is 4.88. The maximum atomic E-state index is 13.4. The first-order valence-electron chi connectivity index (χ1n) is 8.77. The van der Waals surface area contributed by atoms with Crippen molar-refractivity contribution in [2.45, 2.75) is 52.5 Å². The highest BCUT2D eigenvalue weighted by Crippen LogP contribution is 2.69. The molecule has 0 spiro atoms. The number of ketones is 2. The van der Waals surface area contributed by atoms with Crippen molar-refractivity contribution in [3.8, 4) is 0 Å². The fourth-order valence-corrected chi connectivity index (χ4v) is 5.19. The van der Waals surface area contributed by atoms with Crippen LogP contribution < -0.4 is 4.90 Å². The van der Waals surface area contributed by atoms with Crippen LogP contribution in [0.3, 0.4) is 0 Å². The average Bonchev–Trinajstić information content (AvgIpc) is 2.79. The highest BCUT2D eigenvalue weighted by Gasteiger charge is 2.78. The molecule has 0 unspecified atom stereocenters. The summed E-state index contributed by atoms with van der Waals surface area (Å²) in [7, 11) is 3.99. The van der Waals surface area contributed by atoms with E-state index in [-0.39, 0.29) is 17.7 Å². The lowest BCUT2D eigenvalue weighted by Crippen LogP contribution is -3.10. The fraction of sp³-hybridized carbons (Fsp3) is 0.833. The lowest BCUT2D eigenvalue weighted by atomic mass is 9.64. The first kappa shape index (κ1) is 16.6. The van der Waals surface area contributed by atoms with E-state index in [1.54, 1.807) is 4.90 Å². The summed E-state index contributed by atoms with van der Waals surface area (Å²) in [5.41, 5.74) is -2.42. The number of rotatable bonds is 2. The maximum absolute atomic E-state index is 13.4. The number of piperidine rings is 1. The van der Waals surface area contributed by atoms with Gasteiger partial charge in [-0.3, -0.25) is 14.4 Å². The molecule has 1 saturated heterocycles. The van der Waals surface area contributed by atoms with Crippen molar-refractivity contribution in [1.29, 1.82) is 0 Å². The molecule has 2 aliphatic carbocycles. The monoisotopic (exact) mass is 321 g/mol. The molecule has 3 rings (SSSR count). The zero-order valence-electron chi connectivity index (χ0n) is 15.0. The molecule has 1 amide bonds. The zero-order valence-corrected chi connectivity index (χ0v) is 15.0. The van der Waals surface area contributed by atoms with Crippen LogP contribution in [0.1, 0.15) is 46.5 Å². The summed E-state index contributed by atoms with van der Waals surface area (Å²) >= 11 is 0. The van der Waals surface area contributed by atoms with Crippen molar-refractivity contribution in [2.75, 3.05) is 27.2 Å². The Balaban J connectivity index is 1.92. The molecule has 2 atom stereocenters. The molecule has 23 heavy (non-hydrogen) atoms. The number of hydrogen-bond donors (Lipinski definition) is 1. The molecule has 0 aromatic rings. The molecule has 2 bridgehead atoms. The third-order valence-electron chi connectivity index (χ3n) is 7.58. The van der Waals surface area contributed by atoms with E-state index in [2.05, 4.69) is 7.05 Å². The Kier molecular flexibility index (Phi) is 3.53. The molecule has 0 radical (unpaired) electrons. The second-order valence-electron chi connectivity index (χ2n) is 8.63. The van der Waals surface area contributed by atoms with E-state index in [9.17, 15) is 14.4 Å². The van der Waals surface area contributed by atoms with E-state index >= 15 is 0 Å². The van der Waals surface area contributed by atoms with Crippen LogP contribution in [0.5, 0.6) is 0 Å². The van der Waals surface area contributed by atoms with Gasteiger partial charge in [0.05, 0.1) is 20.1 Å². The van der Waals surface area contributed by atoms with Crippen LogP contribution in [0.25, 0.3) is 0 Å². The minimum Gasteiger partial charge on any atom is -0.341 e. The normalized spacial score (nSPS) is 42.1. The molecule has 2 saturated carbocycles. The summed E-state index contributed by atoms with van der Waals surface area (Å²) in [4.78, 5) is 42.0. The van der Waals surface area contributed by atoms with Crippen molar-refractivity contribution in [3.63, 3.8) is 0 Å². The van der Waals surface area contributed by atoms with Crippen molar-refractivity contribution in [1.82, 2.24) is 4.90 Å². The number of carbonyl (C=O) groups excluding carboxylic acids is 3. The summed E-state index contributed by atoms with van der Waals surface area (Å²) in [6.45, 7) is 7.83. The first-order chi connectivity index (χ1) is 10.6. The number of likely N-dealkylation sites (tertiary alicyclic amines) is 1. The number of carbonyl (C=O) groups is 3. The number of hydrogen-bond acceptors (Lipinski definition) is 3. The topological polar surface area (TPSA) is 58.9 Å². The van der Waals surface area contributed by atoms with Crippen LogP contribution in [0.2, 0.25) is 0 Å².